The Kier molecular flexibility index (Phi) is 2.88. The summed E-state index contributed by atoms with van der Waals surface area (Å²) in [5, 5.41) is 2.68. The van der Waals surface area contributed by atoms with Crippen molar-refractivity contribution in [3.05, 3.63) is 28.8 Å². The molecule has 1 amide bonds. The number of amides is 1. The molecule has 1 aliphatic rings. The van der Waals surface area contributed by atoms with Crippen molar-refractivity contribution in [3.8, 4) is 0 Å². The molecule has 0 saturated carbocycles. The molecule has 0 heterocycles. The van der Waals surface area contributed by atoms with Crippen molar-refractivity contribution in [1.29, 1.82) is 0 Å². The largest absolute Gasteiger partial charge is 0.398 e. The van der Waals surface area contributed by atoms with Crippen molar-refractivity contribution in [2.75, 3.05) is 5.73 Å². The number of hydrogen-bond donors (Lipinski definition) is 2. The smallest absolute Gasteiger partial charge is 0.217 e. The van der Waals surface area contributed by atoms with Crippen LogP contribution in [-0.2, 0) is 11.2 Å². The molecule has 1 unspecified atom stereocenters. The van der Waals surface area contributed by atoms with Crippen molar-refractivity contribution >= 4 is 17.4 Å². The third kappa shape index (κ3) is 2.02. The Labute approximate surface area is 100 Å². The summed E-state index contributed by atoms with van der Waals surface area (Å²) in [4.78, 5) is 23.3. The molecule has 4 heteroatoms. The zero-order chi connectivity index (χ0) is 12.6. The predicted molar refractivity (Wildman–Crippen MR) is 65.8 cm³/mol. The molecule has 17 heavy (non-hydrogen) atoms. The number of anilines is 1. The van der Waals surface area contributed by atoms with Crippen LogP contribution in [0, 0.1) is 6.92 Å². The van der Waals surface area contributed by atoms with Crippen molar-refractivity contribution < 1.29 is 9.59 Å². The first-order valence-corrected chi connectivity index (χ1v) is 5.70. The second-order valence-corrected chi connectivity index (χ2v) is 4.48. The van der Waals surface area contributed by atoms with E-state index >= 15 is 0 Å². The van der Waals surface area contributed by atoms with Gasteiger partial charge in [-0.05, 0) is 37.0 Å². The van der Waals surface area contributed by atoms with E-state index in [1.54, 1.807) is 6.07 Å². The highest BCUT2D eigenvalue weighted by atomic mass is 16.2. The maximum Gasteiger partial charge on any atom is 0.217 e. The first-order valence-electron chi connectivity index (χ1n) is 5.70. The molecule has 0 aliphatic heterocycles. The number of aryl methyl sites for hydroxylation is 1. The summed E-state index contributed by atoms with van der Waals surface area (Å²) in [6, 6.07) is 3.26. The van der Waals surface area contributed by atoms with Crippen LogP contribution in [0.2, 0.25) is 0 Å². The quantitative estimate of drug-likeness (QED) is 0.715. The number of carbonyl (C=O) groups is 2. The zero-order valence-corrected chi connectivity index (χ0v) is 10.0. The van der Waals surface area contributed by atoms with E-state index in [0.29, 0.717) is 17.7 Å². The molecule has 0 radical (unpaired) electrons. The van der Waals surface area contributed by atoms with Gasteiger partial charge in [-0.3, -0.25) is 9.59 Å². The number of nitrogens with two attached hydrogens (primary N) is 1. The molecule has 1 aromatic carbocycles. The number of ketones is 1. The molecular weight excluding hydrogens is 216 g/mol. The zero-order valence-electron chi connectivity index (χ0n) is 10.0. The van der Waals surface area contributed by atoms with E-state index in [1.807, 2.05) is 13.0 Å². The Morgan fingerprint density at radius 1 is 1.47 bits per heavy atom. The predicted octanol–water partition coefficient (Wildman–Crippen LogP) is 1.21. The third-order valence-electron chi connectivity index (χ3n) is 3.20. The van der Waals surface area contributed by atoms with Gasteiger partial charge in [0, 0.05) is 18.2 Å². The number of hydrogen-bond acceptors (Lipinski definition) is 3. The maximum atomic E-state index is 12.2. The Morgan fingerprint density at radius 2 is 2.18 bits per heavy atom. The second-order valence-electron chi connectivity index (χ2n) is 4.48. The van der Waals surface area contributed by atoms with Crippen LogP contribution < -0.4 is 11.1 Å². The number of nitrogen functional groups attached to an aromatic ring is 1. The van der Waals surface area contributed by atoms with Crippen LogP contribution in [0.4, 0.5) is 5.69 Å². The van der Waals surface area contributed by atoms with E-state index in [2.05, 4.69) is 5.32 Å². The average Bonchev–Trinajstić information content (AvgIpc) is 2.26. The van der Waals surface area contributed by atoms with Gasteiger partial charge in [0.1, 0.15) is 0 Å². The Bertz CT molecular complexity index is 494. The fourth-order valence-corrected chi connectivity index (χ4v) is 2.36. The molecule has 0 saturated heterocycles. The summed E-state index contributed by atoms with van der Waals surface area (Å²) >= 11 is 0. The lowest BCUT2D eigenvalue weighted by molar-refractivity contribution is -0.119. The molecular formula is C13H16N2O2. The highest BCUT2D eigenvalue weighted by Crippen LogP contribution is 2.29. The van der Waals surface area contributed by atoms with E-state index < -0.39 is 6.04 Å². The normalized spacial score (nSPS) is 18.7. The van der Waals surface area contributed by atoms with Gasteiger partial charge in [0.15, 0.2) is 5.78 Å². The first-order chi connectivity index (χ1) is 8.00. The van der Waals surface area contributed by atoms with E-state index in [9.17, 15) is 9.59 Å². The fraction of sp³-hybridized carbons (Fsp3) is 0.385. The average molecular weight is 232 g/mol. The number of benzene rings is 1. The van der Waals surface area contributed by atoms with Crippen LogP contribution in [0.15, 0.2) is 12.1 Å². The molecule has 90 valence electrons. The number of Topliss-reactive ketones (excluding diaryl/α,β-unsaturated/α-hetero) is 1. The Balaban J connectivity index is 2.41. The summed E-state index contributed by atoms with van der Waals surface area (Å²) in [5.41, 5.74) is 9.07. The van der Waals surface area contributed by atoms with Crippen LogP contribution in [0.1, 0.15) is 34.8 Å². The summed E-state index contributed by atoms with van der Waals surface area (Å²) < 4.78 is 0. The monoisotopic (exact) mass is 232 g/mol. The SMILES string of the molecule is CC(=O)NC1CCc2c(C)ccc(N)c2C1=O. The van der Waals surface area contributed by atoms with Gasteiger partial charge in [0.2, 0.25) is 5.91 Å². The summed E-state index contributed by atoms with van der Waals surface area (Å²) in [7, 11) is 0. The number of carbonyl (C=O) groups excluding carboxylic acids is 2. The Hall–Kier alpha value is -1.84. The van der Waals surface area contributed by atoms with Gasteiger partial charge >= 0.3 is 0 Å². The highest BCUT2D eigenvalue weighted by molar-refractivity contribution is 6.07. The van der Waals surface area contributed by atoms with Gasteiger partial charge in [-0.25, -0.2) is 0 Å². The van der Waals surface area contributed by atoms with Gasteiger partial charge in [-0.1, -0.05) is 6.07 Å². The van der Waals surface area contributed by atoms with Crippen molar-refractivity contribution in [1.82, 2.24) is 5.32 Å². The highest BCUT2D eigenvalue weighted by Gasteiger charge is 2.30. The fourth-order valence-electron chi connectivity index (χ4n) is 2.36. The Morgan fingerprint density at radius 3 is 2.82 bits per heavy atom. The van der Waals surface area contributed by atoms with Gasteiger partial charge in [-0.2, -0.15) is 0 Å². The van der Waals surface area contributed by atoms with E-state index in [0.717, 1.165) is 17.5 Å². The minimum atomic E-state index is -0.427. The molecule has 4 nitrogen and oxygen atoms in total. The van der Waals surface area contributed by atoms with E-state index in [4.69, 9.17) is 5.73 Å². The lowest BCUT2D eigenvalue weighted by atomic mass is 9.83. The lowest BCUT2D eigenvalue weighted by Crippen LogP contribution is -2.43. The van der Waals surface area contributed by atoms with Gasteiger partial charge < -0.3 is 11.1 Å². The number of fused-ring (bicyclic) bond motifs is 1. The second kappa shape index (κ2) is 4.20. The van der Waals surface area contributed by atoms with Crippen LogP contribution in [0.3, 0.4) is 0 Å². The van der Waals surface area contributed by atoms with Gasteiger partial charge in [0.25, 0.3) is 0 Å². The maximum absolute atomic E-state index is 12.2. The minimum absolute atomic E-state index is 0.0670. The van der Waals surface area contributed by atoms with Crippen LogP contribution in [0.5, 0.6) is 0 Å². The van der Waals surface area contributed by atoms with Gasteiger partial charge in [0.05, 0.1) is 6.04 Å². The van der Waals surface area contributed by atoms with E-state index in [1.165, 1.54) is 6.92 Å². The summed E-state index contributed by atoms with van der Waals surface area (Å²) in [5.74, 6) is -0.249. The third-order valence-corrected chi connectivity index (χ3v) is 3.20. The standard InChI is InChI=1S/C13H16N2O2/c1-7-3-5-10(14)12-9(7)4-6-11(13(12)17)15-8(2)16/h3,5,11H,4,6,14H2,1-2H3,(H,15,16). The molecule has 0 aromatic heterocycles. The lowest BCUT2D eigenvalue weighted by Gasteiger charge is -2.26. The molecule has 1 aromatic rings. The number of nitrogens with one attached hydrogen (secondary N) is 1. The molecule has 0 fully saturated rings. The molecule has 1 atom stereocenters. The molecule has 1 aliphatic carbocycles. The van der Waals surface area contributed by atoms with Crippen molar-refractivity contribution in [3.63, 3.8) is 0 Å². The van der Waals surface area contributed by atoms with Crippen molar-refractivity contribution in [2.24, 2.45) is 0 Å². The van der Waals surface area contributed by atoms with E-state index in [-0.39, 0.29) is 11.7 Å². The summed E-state index contributed by atoms with van der Waals surface area (Å²) in [6.45, 7) is 3.40. The molecule has 3 N–H and O–H groups in total. The molecule has 0 bridgehead atoms. The first kappa shape index (κ1) is 11.6. The number of rotatable bonds is 1. The molecule has 0 spiro atoms. The van der Waals surface area contributed by atoms with Gasteiger partial charge in [-0.15, -0.1) is 0 Å². The van der Waals surface area contributed by atoms with Crippen LogP contribution in [-0.4, -0.2) is 17.7 Å². The van der Waals surface area contributed by atoms with Crippen LogP contribution >= 0.6 is 0 Å². The van der Waals surface area contributed by atoms with Crippen LogP contribution in [0.25, 0.3) is 0 Å². The topological polar surface area (TPSA) is 72.2 Å². The summed E-state index contributed by atoms with van der Waals surface area (Å²) in [6.07, 6.45) is 1.43. The van der Waals surface area contributed by atoms with Crippen molar-refractivity contribution in [2.45, 2.75) is 32.7 Å². The molecule has 2 rings (SSSR count). The minimum Gasteiger partial charge on any atom is -0.398 e.